The van der Waals surface area contributed by atoms with Gasteiger partial charge in [0.2, 0.25) is 0 Å². The van der Waals surface area contributed by atoms with Crippen LogP contribution in [0.4, 0.5) is 4.39 Å². The third kappa shape index (κ3) is 4.81. The van der Waals surface area contributed by atoms with Crippen molar-refractivity contribution in [3.63, 3.8) is 0 Å². The third-order valence-electron chi connectivity index (χ3n) is 6.08. The molecule has 3 aromatic rings. The number of aliphatic hydroxyl groups excluding tert-OH is 1. The number of phenols is 1. The average Bonchev–Trinajstić information content (AvgIpc) is 3.20. The van der Waals surface area contributed by atoms with E-state index in [1.54, 1.807) is 19.1 Å². The van der Waals surface area contributed by atoms with E-state index in [-0.39, 0.29) is 11.6 Å². The Hall–Kier alpha value is -2.84. The Morgan fingerprint density at radius 1 is 1.22 bits per heavy atom. The summed E-state index contributed by atoms with van der Waals surface area (Å²) >= 11 is 0. The molecule has 4 rings (SSSR count). The van der Waals surface area contributed by atoms with Gasteiger partial charge in [0.25, 0.3) is 0 Å². The van der Waals surface area contributed by atoms with Gasteiger partial charge in [0.1, 0.15) is 11.6 Å². The first-order valence-corrected chi connectivity index (χ1v) is 10.9. The summed E-state index contributed by atoms with van der Waals surface area (Å²) in [7, 11) is 1.53. The number of likely N-dealkylation sites (tertiary alicyclic amines) is 1. The minimum Gasteiger partial charge on any atom is -0.507 e. The van der Waals surface area contributed by atoms with Crippen LogP contribution in [0.5, 0.6) is 17.2 Å². The van der Waals surface area contributed by atoms with Gasteiger partial charge in [-0.3, -0.25) is 0 Å². The zero-order valence-corrected chi connectivity index (χ0v) is 18.4. The maximum Gasteiger partial charge on any atom is 0.170 e. The second kappa shape index (κ2) is 9.75. The topological polar surface area (TPSA) is 88.2 Å². The van der Waals surface area contributed by atoms with Crippen molar-refractivity contribution in [3.05, 3.63) is 47.4 Å². The number of aromatic hydroxyl groups is 1. The first kappa shape index (κ1) is 22.4. The number of phenolic OH excluding ortho intramolecular Hbond substituents is 1. The van der Waals surface area contributed by atoms with Gasteiger partial charge in [0.05, 0.1) is 25.5 Å². The van der Waals surface area contributed by atoms with E-state index in [9.17, 15) is 14.6 Å². The molecule has 1 atom stereocenters. The number of rotatable bonds is 8. The van der Waals surface area contributed by atoms with Gasteiger partial charge in [-0.15, -0.1) is 0 Å². The number of hydrogen-bond donors (Lipinski definition) is 2. The predicted octanol–water partition coefficient (Wildman–Crippen LogP) is 4.38. The molecule has 7 nitrogen and oxygen atoms in total. The lowest BCUT2D eigenvalue weighted by atomic mass is 9.91. The van der Waals surface area contributed by atoms with Gasteiger partial charge in [-0.2, -0.15) is 0 Å². The summed E-state index contributed by atoms with van der Waals surface area (Å²) in [5.41, 5.74) is 1.83. The normalized spacial score (nSPS) is 16.4. The Bertz CT molecular complexity index is 1060. The number of benzene rings is 2. The van der Waals surface area contributed by atoms with Crippen LogP contribution in [-0.2, 0) is 0 Å². The lowest BCUT2D eigenvalue weighted by molar-refractivity contribution is 0.187. The molecule has 8 heteroatoms. The second-order valence-corrected chi connectivity index (χ2v) is 8.26. The van der Waals surface area contributed by atoms with Crippen LogP contribution in [0.25, 0.3) is 11.0 Å². The Labute approximate surface area is 186 Å². The van der Waals surface area contributed by atoms with E-state index in [0.29, 0.717) is 35.2 Å². The summed E-state index contributed by atoms with van der Waals surface area (Å²) in [6.45, 7) is 4.88. The third-order valence-corrected chi connectivity index (χ3v) is 6.08. The fourth-order valence-corrected chi connectivity index (χ4v) is 4.30. The van der Waals surface area contributed by atoms with Gasteiger partial charge in [-0.05, 0) is 57.5 Å². The molecule has 1 fully saturated rings. The maximum atomic E-state index is 13.4. The number of aliphatic hydroxyl groups is 1. The molecule has 2 N–H and O–H groups in total. The molecule has 32 heavy (non-hydrogen) atoms. The molecule has 1 aromatic heterocycles. The van der Waals surface area contributed by atoms with Crippen LogP contribution >= 0.6 is 0 Å². The fourth-order valence-electron chi connectivity index (χ4n) is 4.30. The highest BCUT2D eigenvalue weighted by Crippen LogP contribution is 2.37. The summed E-state index contributed by atoms with van der Waals surface area (Å²) in [5, 5.41) is 24.9. The SMILES string of the molecule is COc1cc(C(C)O)c(O)cc1OCCCN1CCC(c2noc3cc(F)ccc23)CC1. The summed E-state index contributed by atoms with van der Waals surface area (Å²) in [6, 6.07) is 7.67. The maximum absolute atomic E-state index is 13.4. The molecule has 0 radical (unpaired) electrons. The van der Waals surface area contributed by atoms with Crippen LogP contribution < -0.4 is 9.47 Å². The molecule has 0 amide bonds. The molecule has 0 aliphatic carbocycles. The van der Waals surface area contributed by atoms with Crippen molar-refractivity contribution in [2.45, 2.75) is 38.2 Å². The van der Waals surface area contributed by atoms with Crippen molar-refractivity contribution in [1.82, 2.24) is 10.1 Å². The highest BCUT2D eigenvalue weighted by molar-refractivity contribution is 5.79. The Morgan fingerprint density at radius 3 is 2.72 bits per heavy atom. The van der Waals surface area contributed by atoms with Crippen LogP contribution in [-0.4, -0.2) is 53.6 Å². The van der Waals surface area contributed by atoms with Crippen molar-refractivity contribution < 1.29 is 28.6 Å². The summed E-state index contributed by atoms with van der Waals surface area (Å²) in [4.78, 5) is 2.40. The van der Waals surface area contributed by atoms with Gasteiger partial charge in [0, 0.05) is 35.5 Å². The summed E-state index contributed by atoms with van der Waals surface area (Å²) in [5.74, 6) is 0.931. The molecule has 1 saturated heterocycles. The van der Waals surface area contributed by atoms with Crippen LogP contribution in [0.3, 0.4) is 0 Å². The van der Waals surface area contributed by atoms with E-state index in [1.165, 1.54) is 25.3 Å². The van der Waals surface area contributed by atoms with Crippen molar-refractivity contribution >= 4 is 11.0 Å². The Balaban J connectivity index is 1.26. The molecule has 1 aliphatic rings. The molecule has 1 aliphatic heterocycles. The van der Waals surface area contributed by atoms with Gasteiger partial charge in [-0.25, -0.2) is 4.39 Å². The molecular formula is C24H29FN2O5. The number of nitrogens with zero attached hydrogens (tertiary/aromatic N) is 2. The first-order chi connectivity index (χ1) is 15.5. The van der Waals surface area contributed by atoms with E-state index in [4.69, 9.17) is 14.0 Å². The van der Waals surface area contributed by atoms with Crippen LogP contribution in [0.1, 0.15) is 49.5 Å². The predicted molar refractivity (Wildman–Crippen MR) is 118 cm³/mol. The zero-order chi connectivity index (χ0) is 22.7. The average molecular weight is 445 g/mol. The number of methoxy groups -OCH3 is 1. The van der Waals surface area contributed by atoms with Gasteiger partial charge in [-0.1, -0.05) is 5.16 Å². The van der Waals surface area contributed by atoms with Crippen molar-refractivity contribution in [3.8, 4) is 17.2 Å². The zero-order valence-electron chi connectivity index (χ0n) is 18.4. The first-order valence-electron chi connectivity index (χ1n) is 10.9. The van der Waals surface area contributed by atoms with E-state index in [1.807, 2.05) is 0 Å². The minimum absolute atomic E-state index is 0.0130. The van der Waals surface area contributed by atoms with Crippen LogP contribution in [0, 0.1) is 5.82 Å². The van der Waals surface area contributed by atoms with E-state index in [2.05, 4.69) is 10.1 Å². The molecule has 0 spiro atoms. The van der Waals surface area contributed by atoms with Crippen LogP contribution in [0.2, 0.25) is 0 Å². The molecule has 2 aromatic carbocycles. The molecular weight excluding hydrogens is 415 g/mol. The number of hydrogen-bond acceptors (Lipinski definition) is 7. The lowest BCUT2D eigenvalue weighted by Crippen LogP contribution is -2.34. The number of ether oxygens (including phenoxy) is 2. The number of aromatic nitrogens is 1. The molecule has 1 unspecified atom stereocenters. The molecule has 0 saturated carbocycles. The summed E-state index contributed by atoms with van der Waals surface area (Å²) < 4.78 is 29.8. The van der Waals surface area contributed by atoms with Crippen molar-refractivity contribution in [2.75, 3.05) is 33.4 Å². The van der Waals surface area contributed by atoms with Gasteiger partial charge in [0.15, 0.2) is 17.1 Å². The second-order valence-electron chi connectivity index (χ2n) is 8.26. The summed E-state index contributed by atoms with van der Waals surface area (Å²) in [6.07, 6.45) is 1.99. The monoisotopic (exact) mass is 444 g/mol. The molecule has 0 bridgehead atoms. The number of fused-ring (bicyclic) bond motifs is 1. The number of piperidine rings is 1. The molecule has 172 valence electrons. The van der Waals surface area contributed by atoms with Gasteiger partial charge < -0.3 is 29.1 Å². The van der Waals surface area contributed by atoms with E-state index in [0.717, 1.165) is 50.0 Å². The quantitative estimate of drug-likeness (QED) is 0.499. The smallest absolute Gasteiger partial charge is 0.170 e. The van der Waals surface area contributed by atoms with Crippen molar-refractivity contribution in [1.29, 1.82) is 0 Å². The van der Waals surface area contributed by atoms with Gasteiger partial charge >= 0.3 is 0 Å². The lowest BCUT2D eigenvalue weighted by Gasteiger charge is -2.31. The standard InChI is InChI=1S/C24H29FN2O5/c1-15(28)19-13-22(30-2)23(14-20(19)29)31-11-3-8-27-9-6-16(7-10-27)24-18-5-4-17(25)12-21(18)32-26-24/h4-5,12-16,28-29H,3,6-11H2,1-2H3. The van der Waals surface area contributed by atoms with E-state index >= 15 is 0 Å². The van der Waals surface area contributed by atoms with E-state index < -0.39 is 6.10 Å². The largest absolute Gasteiger partial charge is 0.507 e. The van der Waals surface area contributed by atoms with Crippen LogP contribution in [0.15, 0.2) is 34.9 Å². The highest BCUT2D eigenvalue weighted by Gasteiger charge is 2.25. The fraction of sp³-hybridized carbons (Fsp3) is 0.458. The Morgan fingerprint density at radius 2 is 2.00 bits per heavy atom. The highest BCUT2D eigenvalue weighted by atomic mass is 19.1. The Kier molecular flexibility index (Phi) is 6.81. The van der Waals surface area contributed by atoms with Crippen molar-refractivity contribution in [2.24, 2.45) is 0 Å². The number of halogens is 1. The molecule has 2 heterocycles. The minimum atomic E-state index is -0.794.